The standard InChI is InChI=1S/C8H8O4/c9-8(10)5-11-6-3-1-2-4-7(6)12-8/h1-4,9-10H,5H2. The Bertz CT molecular complexity index is 295. The van der Waals surface area contributed by atoms with Crippen LogP contribution in [0.3, 0.4) is 0 Å². The zero-order valence-electron chi connectivity index (χ0n) is 6.23. The first-order valence-corrected chi connectivity index (χ1v) is 3.53. The molecule has 0 bridgehead atoms. The van der Waals surface area contributed by atoms with Gasteiger partial charge in [-0.15, -0.1) is 0 Å². The Kier molecular flexibility index (Phi) is 1.46. The molecule has 0 aromatic heterocycles. The van der Waals surface area contributed by atoms with Gasteiger partial charge in [0, 0.05) is 0 Å². The second kappa shape index (κ2) is 2.36. The van der Waals surface area contributed by atoms with E-state index in [9.17, 15) is 0 Å². The molecule has 0 saturated heterocycles. The summed E-state index contributed by atoms with van der Waals surface area (Å²) in [6, 6.07) is 6.81. The van der Waals surface area contributed by atoms with Crippen molar-refractivity contribution in [3.63, 3.8) is 0 Å². The number of aliphatic hydroxyl groups is 2. The second-order valence-corrected chi connectivity index (χ2v) is 2.58. The van der Waals surface area contributed by atoms with Gasteiger partial charge in [-0.05, 0) is 12.1 Å². The summed E-state index contributed by atoms with van der Waals surface area (Å²) in [5.41, 5.74) is 0. The van der Waals surface area contributed by atoms with Crippen LogP contribution in [0, 0.1) is 0 Å². The van der Waals surface area contributed by atoms with Gasteiger partial charge in [-0.2, -0.15) is 0 Å². The fraction of sp³-hybridized carbons (Fsp3) is 0.250. The van der Waals surface area contributed by atoms with Crippen molar-refractivity contribution < 1.29 is 19.7 Å². The van der Waals surface area contributed by atoms with Crippen LogP contribution in [0.5, 0.6) is 11.5 Å². The van der Waals surface area contributed by atoms with Crippen LogP contribution in [-0.4, -0.2) is 22.8 Å². The maximum absolute atomic E-state index is 9.03. The predicted octanol–water partition coefficient (Wildman–Crippen LogP) is 0.0962. The number of benzene rings is 1. The summed E-state index contributed by atoms with van der Waals surface area (Å²) >= 11 is 0. The van der Waals surface area contributed by atoms with Crippen LogP contribution in [0.1, 0.15) is 0 Å². The van der Waals surface area contributed by atoms with Crippen molar-refractivity contribution in [3.8, 4) is 11.5 Å². The van der Waals surface area contributed by atoms with Crippen molar-refractivity contribution in [2.24, 2.45) is 0 Å². The number of fused-ring (bicyclic) bond motifs is 1. The first kappa shape index (κ1) is 7.39. The van der Waals surface area contributed by atoms with Gasteiger partial charge in [0.25, 0.3) is 0 Å². The van der Waals surface area contributed by atoms with E-state index in [4.69, 9.17) is 19.7 Å². The Hall–Kier alpha value is -1.26. The Balaban J connectivity index is 2.35. The van der Waals surface area contributed by atoms with Crippen LogP contribution in [0.25, 0.3) is 0 Å². The maximum Gasteiger partial charge on any atom is 0.358 e. The van der Waals surface area contributed by atoms with Crippen molar-refractivity contribution in [2.75, 3.05) is 6.61 Å². The van der Waals surface area contributed by atoms with Gasteiger partial charge in [-0.25, -0.2) is 0 Å². The third-order valence-electron chi connectivity index (χ3n) is 1.54. The first-order chi connectivity index (χ1) is 5.67. The van der Waals surface area contributed by atoms with Crippen LogP contribution in [0.4, 0.5) is 0 Å². The number of hydrogen-bond donors (Lipinski definition) is 2. The monoisotopic (exact) mass is 168 g/mol. The summed E-state index contributed by atoms with van der Waals surface area (Å²) < 4.78 is 9.82. The summed E-state index contributed by atoms with van der Waals surface area (Å²) in [5.74, 6) is -1.33. The molecule has 1 aromatic carbocycles. The topological polar surface area (TPSA) is 58.9 Å². The Labute approximate surface area is 69.0 Å². The van der Waals surface area contributed by atoms with Crippen LogP contribution in [0.15, 0.2) is 24.3 Å². The Morgan fingerprint density at radius 1 is 1.17 bits per heavy atom. The molecule has 1 aliphatic heterocycles. The van der Waals surface area contributed by atoms with Crippen molar-refractivity contribution in [1.82, 2.24) is 0 Å². The zero-order chi connectivity index (χ0) is 8.60. The van der Waals surface area contributed by atoms with E-state index in [1.807, 2.05) is 0 Å². The number of para-hydroxylation sites is 2. The zero-order valence-corrected chi connectivity index (χ0v) is 6.23. The van der Waals surface area contributed by atoms with Crippen molar-refractivity contribution in [3.05, 3.63) is 24.3 Å². The van der Waals surface area contributed by atoms with E-state index < -0.39 is 5.97 Å². The molecule has 0 aliphatic carbocycles. The van der Waals surface area contributed by atoms with E-state index in [0.29, 0.717) is 11.5 Å². The van der Waals surface area contributed by atoms with Gasteiger partial charge < -0.3 is 19.7 Å². The lowest BCUT2D eigenvalue weighted by atomic mass is 10.3. The van der Waals surface area contributed by atoms with E-state index in [0.717, 1.165) is 0 Å². The molecule has 0 unspecified atom stereocenters. The minimum atomic E-state index is -2.20. The molecule has 12 heavy (non-hydrogen) atoms. The molecule has 2 N–H and O–H groups in total. The van der Waals surface area contributed by atoms with Crippen LogP contribution in [0.2, 0.25) is 0 Å². The van der Waals surface area contributed by atoms with E-state index in [1.165, 1.54) is 0 Å². The highest BCUT2D eigenvalue weighted by Crippen LogP contribution is 2.32. The quantitative estimate of drug-likeness (QED) is 0.539. The fourth-order valence-corrected chi connectivity index (χ4v) is 1.03. The first-order valence-electron chi connectivity index (χ1n) is 3.53. The molecule has 4 nitrogen and oxygen atoms in total. The summed E-state index contributed by atoms with van der Waals surface area (Å²) in [7, 11) is 0. The van der Waals surface area contributed by atoms with Crippen LogP contribution in [-0.2, 0) is 0 Å². The summed E-state index contributed by atoms with van der Waals surface area (Å²) in [5, 5.41) is 18.1. The van der Waals surface area contributed by atoms with Crippen molar-refractivity contribution >= 4 is 0 Å². The molecule has 0 radical (unpaired) electrons. The maximum atomic E-state index is 9.03. The molecule has 0 atom stereocenters. The average molecular weight is 168 g/mol. The molecule has 0 spiro atoms. The van der Waals surface area contributed by atoms with Gasteiger partial charge in [-0.3, -0.25) is 0 Å². The van der Waals surface area contributed by atoms with Crippen molar-refractivity contribution in [2.45, 2.75) is 5.97 Å². The molecular formula is C8H8O4. The van der Waals surface area contributed by atoms with E-state index in [-0.39, 0.29) is 6.61 Å². The lowest BCUT2D eigenvalue weighted by Crippen LogP contribution is -2.44. The van der Waals surface area contributed by atoms with Gasteiger partial charge in [-0.1, -0.05) is 12.1 Å². The third-order valence-corrected chi connectivity index (χ3v) is 1.54. The molecule has 4 heteroatoms. The molecule has 64 valence electrons. The molecule has 0 amide bonds. The van der Waals surface area contributed by atoms with Gasteiger partial charge in [0.05, 0.1) is 0 Å². The molecule has 0 saturated carbocycles. The Morgan fingerprint density at radius 2 is 1.83 bits per heavy atom. The average Bonchev–Trinajstić information content (AvgIpc) is 2.02. The summed E-state index contributed by atoms with van der Waals surface area (Å²) in [6.45, 7) is -0.274. The van der Waals surface area contributed by atoms with Gasteiger partial charge in [0.2, 0.25) is 0 Å². The normalized spacial score (nSPS) is 18.8. The number of hydrogen-bond acceptors (Lipinski definition) is 4. The number of rotatable bonds is 0. The lowest BCUT2D eigenvalue weighted by Gasteiger charge is -2.28. The van der Waals surface area contributed by atoms with Gasteiger partial charge in [0.1, 0.15) is 0 Å². The van der Waals surface area contributed by atoms with Crippen LogP contribution >= 0.6 is 0 Å². The van der Waals surface area contributed by atoms with Crippen molar-refractivity contribution in [1.29, 1.82) is 0 Å². The van der Waals surface area contributed by atoms with Gasteiger partial charge in [0.15, 0.2) is 18.1 Å². The smallest absolute Gasteiger partial charge is 0.358 e. The number of ether oxygens (including phenoxy) is 2. The molecule has 2 rings (SSSR count). The van der Waals surface area contributed by atoms with Crippen LogP contribution < -0.4 is 9.47 Å². The van der Waals surface area contributed by atoms with E-state index >= 15 is 0 Å². The molecular weight excluding hydrogens is 160 g/mol. The summed E-state index contributed by atoms with van der Waals surface area (Å²) in [4.78, 5) is 0. The molecule has 1 aromatic rings. The van der Waals surface area contributed by atoms with E-state index in [2.05, 4.69) is 0 Å². The highest BCUT2D eigenvalue weighted by atomic mass is 16.8. The second-order valence-electron chi connectivity index (χ2n) is 2.58. The van der Waals surface area contributed by atoms with Gasteiger partial charge >= 0.3 is 5.97 Å². The predicted molar refractivity (Wildman–Crippen MR) is 39.7 cm³/mol. The highest BCUT2D eigenvalue weighted by molar-refractivity contribution is 5.40. The highest BCUT2D eigenvalue weighted by Gasteiger charge is 2.32. The minimum Gasteiger partial charge on any atom is -0.480 e. The molecule has 0 fully saturated rings. The molecule has 1 heterocycles. The third kappa shape index (κ3) is 1.22. The lowest BCUT2D eigenvalue weighted by molar-refractivity contribution is -0.313. The van der Waals surface area contributed by atoms with E-state index in [1.54, 1.807) is 24.3 Å². The largest absolute Gasteiger partial charge is 0.480 e. The summed E-state index contributed by atoms with van der Waals surface area (Å²) in [6.07, 6.45) is 0. The Morgan fingerprint density at radius 3 is 2.58 bits per heavy atom. The SMILES string of the molecule is OC1(O)COc2ccccc2O1. The molecule has 1 aliphatic rings. The fourth-order valence-electron chi connectivity index (χ4n) is 1.03. The minimum absolute atomic E-state index is 0.274.